The molecule has 0 fully saturated rings. The first kappa shape index (κ1) is 11.3. The van der Waals surface area contributed by atoms with Crippen molar-refractivity contribution in [3.63, 3.8) is 0 Å². The maximum absolute atomic E-state index is 12.2. The molecule has 17 heavy (non-hydrogen) atoms. The third-order valence-corrected chi connectivity index (χ3v) is 2.08. The highest BCUT2D eigenvalue weighted by Crippen LogP contribution is 2.31. The first-order valence-electron chi connectivity index (χ1n) is 4.65. The molecular formula is C11H7F2NO3. The minimum absolute atomic E-state index is 0.0613. The molecule has 6 heteroatoms. The highest BCUT2D eigenvalue weighted by molar-refractivity contribution is 5.90. The number of ether oxygens (including phenoxy) is 2. The van der Waals surface area contributed by atoms with Crippen LogP contribution in [-0.2, 0) is 4.79 Å². The van der Waals surface area contributed by atoms with E-state index in [0.717, 1.165) is 0 Å². The van der Waals surface area contributed by atoms with Gasteiger partial charge in [0.25, 0.3) is 6.47 Å². The predicted octanol–water partition coefficient (Wildman–Crippen LogP) is 2.37. The molecular weight excluding hydrogens is 232 g/mol. The Morgan fingerprint density at radius 2 is 2.00 bits per heavy atom. The fourth-order valence-corrected chi connectivity index (χ4v) is 1.47. The van der Waals surface area contributed by atoms with Crippen molar-refractivity contribution in [2.24, 2.45) is 0 Å². The molecule has 1 heterocycles. The van der Waals surface area contributed by atoms with Gasteiger partial charge in [-0.15, -0.1) is 0 Å². The summed E-state index contributed by atoms with van der Waals surface area (Å²) in [6, 6.07) is 5.85. The molecule has 1 aromatic heterocycles. The van der Waals surface area contributed by atoms with Gasteiger partial charge in [0.15, 0.2) is 5.75 Å². The number of halogens is 2. The predicted molar refractivity (Wildman–Crippen MR) is 55.1 cm³/mol. The van der Waals surface area contributed by atoms with Gasteiger partial charge in [-0.25, -0.2) is 0 Å². The van der Waals surface area contributed by atoms with Crippen LogP contribution in [-0.4, -0.2) is 18.1 Å². The number of pyridine rings is 1. The van der Waals surface area contributed by atoms with Crippen molar-refractivity contribution in [1.82, 2.24) is 4.98 Å². The van der Waals surface area contributed by atoms with Crippen molar-refractivity contribution in [2.75, 3.05) is 0 Å². The Morgan fingerprint density at radius 3 is 2.71 bits per heavy atom. The average molecular weight is 239 g/mol. The smallest absolute Gasteiger partial charge is 0.387 e. The molecule has 0 atom stereocenters. The maximum Gasteiger partial charge on any atom is 0.387 e. The second-order valence-electron chi connectivity index (χ2n) is 3.05. The van der Waals surface area contributed by atoms with Crippen LogP contribution in [0.5, 0.6) is 11.5 Å². The average Bonchev–Trinajstić information content (AvgIpc) is 2.32. The van der Waals surface area contributed by atoms with E-state index in [1.165, 1.54) is 18.3 Å². The van der Waals surface area contributed by atoms with E-state index >= 15 is 0 Å². The van der Waals surface area contributed by atoms with Gasteiger partial charge in [0.2, 0.25) is 0 Å². The summed E-state index contributed by atoms with van der Waals surface area (Å²) >= 11 is 0. The van der Waals surface area contributed by atoms with E-state index in [9.17, 15) is 13.6 Å². The lowest BCUT2D eigenvalue weighted by Gasteiger charge is -2.09. The van der Waals surface area contributed by atoms with Crippen molar-refractivity contribution in [3.05, 3.63) is 30.5 Å². The molecule has 1 aromatic carbocycles. The minimum atomic E-state index is -2.93. The van der Waals surface area contributed by atoms with Gasteiger partial charge >= 0.3 is 6.61 Å². The first-order chi connectivity index (χ1) is 8.22. The second-order valence-corrected chi connectivity index (χ2v) is 3.05. The summed E-state index contributed by atoms with van der Waals surface area (Å²) in [5.41, 5.74) is 0.215. The van der Waals surface area contributed by atoms with Gasteiger partial charge in [-0.3, -0.25) is 9.78 Å². The SMILES string of the molecule is O=COc1ccc(OC(F)F)c2ncccc12. The fraction of sp³-hybridized carbons (Fsp3) is 0.0909. The lowest BCUT2D eigenvalue weighted by Crippen LogP contribution is -2.03. The molecule has 0 unspecified atom stereocenters. The Balaban J connectivity index is 2.57. The highest BCUT2D eigenvalue weighted by atomic mass is 19.3. The van der Waals surface area contributed by atoms with Crippen LogP contribution in [0.15, 0.2) is 30.5 Å². The fourth-order valence-electron chi connectivity index (χ4n) is 1.47. The van der Waals surface area contributed by atoms with Crippen LogP contribution in [0.3, 0.4) is 0 Å². The molecule has 0 spiro atoms. The Labute approximate surface area is 94.8 Å². The standard InChI is InChI=1S/C11H7F2NO3/c12-11(13)17-9-4-3-8(16-6-15)7-2-1-5-14-10(7)9/h1-6,11H. The highest BCUT2D eigenvalue weighted by Gasteiger charge is 2.12. The summed E-state index contributed by atoms with van der Waals surface area (Å²) in [5, 5.41) is 0.428. The van der Waals surface area contributed by atoms with Crippen molar-refractivity contribution in [2.45, 2.75) is 6.61 Å². The van der Waals surface area contributed by atoms with E-state index in [1.807, 2.05) is 0 Å². The number of fused-ring (bicyclic) bond motifs is 1. The number of aromatic nitrogens is 1. The molecule has 88 valence electrons. The number of hydrogen-bond donors (Lipinski definition) is 0. The zero-order valence-corrected chi connectivity index (χ0v) is 8.47. The van der Waals surface area contributed by atoms with Gasteiger partial charge in [0, 0.05) is 11.6 Å². The Morgan fingerprint density at radius 1 is 1.24 bits per heavy atom. The normalized spacial score (nSPS) is 10.5. The van der Waals surface area contributed by atoms with Crippen molar-refractivity contribution in [3.8, 4) is 11.5 Å². The van der Waals surface area contributed by atoms with Gasteiger partial charge in [-0.2, -0.15) is 8.78 Å². The van der Waals surface area contributed by atoms with E-state index in [0.29, 0.717) is 5.39 Å². The van der Waals surface area contributed by atoms with Crippen LogP contribution < -0.4 is 9.47 Å². The molecule has 0 radical (unpaired) electrons. The third-order valence-electron chi connectivity index (χ3n) is 2.08. The number of rotatable bonds is 4. The number of carbonyl (C=O) groups is 1. The summed E-state index contributed by atoms with van der Waals surface area (Å²) in [6.07, 6.45) is 1.44. The first-order valence-corrected chi connectivity index (χ1v) is 4.65. The van der Waals surface area contributed by atoms with E-state index in [4.69, 9.17) is 4.74 Å². The van der Waals surface area contributed by atoms with Crippen LogP contribution in [0.25, 0.3) is 10.9 Å². The summed E-state index contributed by atoms with van der Waals surface area (Å²) in [4.78, 5) is 14.2. The van der Waals surface area contributed by atoms with E-state index in [2.05, 4.69) is 9.72 Å². The maximum atomic E-state index is 12.2. The largest absolute Gasteiger partial charge is 0.432 e. The molecule has 0 aliphatic heterocycles. The number of carbonyl (C=O) groups excluding carboxylic acids is 1. The minimum Gasteiger partial charge on any atom is -0.432 e. The molecule has 0 aliphatic carbocycles. The van der Waals surface area contributed by atoms with Gasteiger partial charge in [-0.1, -0.05) is 0 Å². The van der Waals surface area contributed by atoms with E-state index in [1.54, 1.807) is 12.1 Å². The summed E-state index contributed by atoms with van der Waals surface area (Å²) in [6.45, 7) is -2.67. The molecule has 0 saturated carbocycles. The van der Waals surface area contributed by atoms with Crippen molar-refractivity contribution in [1.29, 1.82) is 0 Å². The molecule has 2 aromatic rings. The summed E-state index contributed by atoms with van der Waals surface area (Å²) in [7, 11) is 0. The number of nitrogens with zero attached hydrogens (tertiary/aromatic N) is 1. The molecule has 0 aliphatic rings. The van der Waals surface area contributed by atoms with Gasteiger partial charge in [0.05, 0.1) is 0 Å². The van der Waals surface area contributed by atoms with Crippen LogP contribution in [0.4, 0.5) is 8.78 Å². The quantitative estimate of drug-likeness (QED) is 0.768. The van der Waals surface area contributed by atoms with Gasteiger partial charge in [-0.05, 0) is 24.3 Å². The van der Waals surface area contributed by atoms with Crippen molar-refractivity contribution >= 4 is 17.4 Å². The molecule has 0 saturated heterocycles. The number of hydrogen-bond acceptors (Lipinski definition) is 4. The van der Waals surface area contributed by atoms with Crippen LogP contribution in [0.1, 0.15) is 0 Å². The second kappa shape index (κ2) is 4.73. The van der Waals surface area contributed by atoms with Gasteiger partial charge < -0.3 is 9.47 Å². The lowest BCUT2D eigenvalue weighted by atomic mass is 10.2. The Kier molecular flexibility index (Phi) is 3.13. The molecule has 0 N–H and O–H groups in total. The molecule has 0 bridgehead atoms. The van der Waals surface area contributed by atoms with Crippen LogP contribution in [0, 0.1) is 0 Å². The summed E-state index contributed by atoms with van der Waals surface area (Å²) < 4.78 is 33.4. The number of alkyl halides is 2. The molecule has 0 amide bonds. The van der Waals surface area contributed by atoms with Crippen LogP contribution >= 0.6 is 0 Å². The number of benzene rings is 1. The van der Waals surface area contributed by atoms with E-state index in [-0.39, 0.29) is 23.5 Å². The molecule has 2 rings (SSSR count). The van der Waals surface area contributed by atoms with Crippen LogP contribution in [0.2, 0.25) is 0 Å². The topological polar surface area (TPSA) is 48.4 Å². The zero-order chi connectivity index (χ0) is 12.3. The Bertz CT molecular complexity index is 545. The molecule has 4 nitrogen and oxygen atoms in total. The lowest BCUT2D eigenvalue weighted by molar-refractivity contribution is -0.120. The van der Waals surface area contributed by atoms with Gasteiger partial charge in [0.1, 0.15) is 11.3 Å². The summed E-state index contributed by atoms with van der Waals surface area (Å²) in [5.74, 6) is 0.179. The zero-order valence-electron chi connectivity index (χ0n) is 8.47. The third kappa shape index (κ3) is 2.30. The van der Waals surface area contributed by atoms with E-state index < -0.39 is 6.61 Å². The monoisotopic (exact) mass is 239 g/mol. The Hall–Kier alpha value is -2.24. The van der Waals surface area contributed by atoms with Crippen molar-refractivity contribution < 1.29 is 23.0 Å².